The van der Waals surface area contributed by atoms with Gasteiger partial charge in [0.05, 0.1) is 7.11 Å². The lowest BCUT2D eigenvalue weighted by Crippen LogP contribution is -2.10. The Morgan fingerprint density at radius 1 is 1.62 bits per heavy atom. The molecule has 0 aromatic rings. The lowest BCUT2D eigenvalue weighted by Gasteiger charge is -1.99. The van der Waals surface area contributed by atoms with Crippen LogP contribution in [-0.2, 0) is 19.1 Å². The molecule has 0 N–H and O–H groups in total. The molecule has 4 nitrogen and oxygen atoms in total. The van der Waals surface area contributed by atoms with Crippen LogP contribution in [0.2, 0.25) is 0 Å². The average Bonchev–Trinajstić information content (AvgIpc) is 2.47. The lowest BCUT2D eigenvalue weighted by molar-refractivity contribution is -0.137. The molecule has 0 unspecified atom stereocenters. The molecule has 0 aliphatic carbocycles. The molecule has 1 heterocycles. The number of cyclic esters (lactones) is 1. The molecule has 0 fully saturated rings. The highest BCUT2D eigenvalue weighted by Crippen LogP contribution is 2.18. The van der Waals surface area contributed by atoms with E-state index < -0.39 is 5.97 Å². The van der Waals surface area contributed by atoms with Gasteiger partial charge in [-0.05, 0) is 6.42 Å². The van der Waals surface area contributed by atoms with Crippen molar-refractivity contribution in [2.45, 2.75) is 19.8 Å². The standard InChI is InChI=1S/C9H12O4/c1-3-4-6(10)8-7(12-2)5-13-9(8)11/h3-5H2,1-2H3. The molecule has 1 aliphatic heterocycles. The largest absolute Gasteiger partial charge is 0.496 e. The molecule has 0 amide bonds. The number of carbonyl (C=O) groups is 2. The van der Waals surface area contributed by atoms with E-state index in [0.717, 1.165) is 0 Å². The van der Waals surface area contributed by atoms with E-state index in [1.54, 1.807) is 0 Å². The summed E-state index contributed by atoms with van der Waals surface area (Å²) in [6.07, 6.45) is 1.07. The maximum absolute atomic E-state index is 11.4. The predicted molar refractivity (Wildman–Crippen MR) is 44.9 cm³/mol. The Balaban J connectivity index is 2.84. The summed E-state index contributed by atoms with van der Waals surface area (Å²) in [5.41, 5.74) is 0.0874. The zero-order valence-electron chi connectivity index (χ0n) is 7.75. The third-order valence-electron chi connectivity index (χ3n) is 1.82. The highest BCUT2D eigenvalue weighted by atomic mass is 16.6. The molecule has 0 saturated carbocycles. The fourth-order valence-corrected chi connectivity index (χ4v) is 1.17. The summed E-state index contributed by atoms with van der Waals surface area (Å²) < 4.78 is 9.55. The first-order chi connectivity index (χ1) is 6.20. The van der Waals surface area contributed by atoms with Gasteiger partial charge in [-0.2, -0.15) is 0 Å². The molecular weight excluding hydrogens is 172 g/mol. The number of ether oxygens (including phenoxy) is 2. The molecule has 1 rings (SSSR count). The molecule has 0 bridgehead atoms. The number of methoxy groups -OCH3 is 1. The van der Waals surface area contributed by atoms with Crippen molar-refractivity contribution in [1.82, 2.24) is 0 Å². The highest BCUT2D eigenvalue weighted by Gasteiger charge is 2.30. The van der Waals surface area contributed by atoms with Gasteiger partial charge in [0.1, 0.15) is 12.2 Å². The van der Waals surface area contributed by atoms with Gasteiger partial charge in [0.25, 0.3) is 0 Å². The molecule has 0 aromatic heterocycles. The lowest BCUT2D eigenvalue weighted by atomic mass is 10.1. The molecule has 0 aromatic carbocycles. The van der Waals surface area contributed by atoms with Crippen LogP contribution in [0.4, 0.5) is 0 Å². The Kier molecular flexibility index (Phi) is 3.06. The Morgan fingerprint density at radius 3 is 2.85 bits per heavy atom. The SMILES string of the molecule is CCCC(=O)C1=C(OC)COC1=O. The second-order valence-electron chi connectivity index (χ2n) is 2.75. The topological polar surface area (TPSA) is 52.6 Å². The van der Waals surface area contributed by atoms with E-state index in [0.29, 0.717) is 18.6 Å². The van der Waals surface area contributed by atoms with Gasteiger partial charge in [-0.15, -0.1) is 0 Å². The summed E-state index contributed by atoms with van der Waals surface area (Å²) in [6, 6.07) is 0. The van der Waals surface area contributed by atoms with Crippen LogP contribution < -0.4 is 0 Å². The molecular formula is C9H12O4. The molecule has 0 spiro atoms. The van der Waals surface area contributed by atoms with Crippen LogP contribution >= 0.6 is 0 Å². The summed E-state index contributed by atoms with van der Waals surface area (Å²) >= 11 is 0. The minimum absolute atomic E-state index is 0.0835. The van der Waals surface area contributed by atoms with Gasteiger partial charge in [-0.1, -0.05) is 6.92 Å². The first kappa shape index (κ1) is 9.77. The Labute approximate surface area is 76.5 Å². The van der Waals surface area contributed by atoms with E-state index in [1.807, 2.05) is 6.92 Å². The van der Waals surface area contributed by atoms with Crippen molar-refractivity contribution >= 4 is 11.8 Å². The smallest absolute Gasteiger partial charge is 0.345 e. The van der Waals surface area contributed by atoms with Gasteiger partial charge in [0.2, 0.25) is 0 Å². The van der Waals surface area contributed by atoms with Crippen molar-refractivity contribution in [2.75, 3.05) is 13.7 Å². The van der Waals surface area contributed by atoms with E-state index in [4.69, 9.17) is 4.74 Å². The van der Waals surface area contributed by atoms with E-state index in [1.165, 1.54) is 7.11 Å². The Hall–Kier alpha value is -1.32. The first-order valence-electron chi connectivity index (χ1n) is 4.18. The Bertz CT molecular complexity index is 265. The van der Waals surface area contributed by atoms with Gasteiger partial charge in [-0.25, -0.2) is 4.79 Å². The number of carbonyl (C=O) groups excluding carboxylic acids is 2. The molecule has 4 heteroatoms. The van der Waals surface area contributed by atoms with Crippen molar-refractivity contribution < 1.29 is 19.1 Å². The van der Waals surface area contributed by atoms with E-state index in [2.05, 4.69) is 4.74 Å². The van der Waals surface area contributed by atoms with Crippen molar-refractivity contribution in [2.24, 2.45) is 0 Å². The number of ketones is 1. The third kappa shape index (κ3) is 1.88. The van der Waals surface area contributed by atoms with Crippen LogP contribution in [0.3, 0.4) is 0 Å². The van der Waals surface area contributed by atoms with Crippen molar-refractivity contribution in [1.29, 1.82) is 0 Å². The number of Topliss-reactive ketones (excluding diaryl/α,β-unsaturated/α-hetero) is 1. The summed E-state index contributed by atoms with van der Waals surface area (Å²) in [5, 5.41) is 0. The number of rotatable bonds is 4. The zero-order chi connectivity index (χ0) is 9.84. The fraction of sp³-hybridized carbons (Fsp3) is 0.556. The molecule has 1 aliphatic rings. The summed E-state index contributed by atoms with van der Waals surface area (Å²) in [5.74, 6) is -0.402. The number of esters is 1. The van der Waals surface area contributed by atoms with Gasteiger partial charge in [0, 0.05) is 6.42 Å². The monoisotopic (exact) mass is 184 g/mol. The fourth-order valence-electron chi connectivity index (χ4n) is 1.17. The summed E-state index contributed by atoms with van der Waals surface area (Å²) in [7, 11) is 1.43. The van der Waals surface area contributed by atoms with Crippen LogP contribution in [0.15, 0.2) is 11.3 Å². The normalized spacial score (nSPS) is 16.0. The predicted octanol–water partition coefficient (Wildman–Crippen LogP) is 0.813. The van der Waals surface area contributed by atoms with Crippen LogP contribution in [-0.4, -0.2) is 25.5 Å². The van der Waals surface area contributed by atoms with Gasteiger partial charge < -0.3 is 9.47 Å². The highest BCUT2D eigenvalue weighted by molar-refractivity contribution is 6.18. The maximum atomic E-state index is 11.4. The van der Waals surface area contributed by atoms with E-state index in [9.17, 15) is 9.59 Å². The van der Waals surface area contributed by atoms with Crippen molar-refractivity contribution in [3.05, 3.63) is 11.3 Å². The van der Waals surface area contributed by atoms with Crippen LogP contribution in [0.1, 0.15) is 19.8 Å². The summed E-state index contributed by atoms with van der Waals surface area (Å²) in [6.45, 7) is 1.96. The maximum Gasteiger partial charge on any atom is 0.345 e. The second-order valence-corrected chi connectivity index (χ2v) is 2.75. The molecule has 0 radical (unpaired) electrons. The van der Waals surface area contributed by atoms with Gasteiger partial charge >= 0.3 is 5.97 Å². The quantitative estimate of drug-likeness (QED) is 0.479. The molecule has 0 atom stereocenters. The zero-order valence-corrected chi connectivity index (χ0v) is 7.75. The van der Waals surface area contributed by atoms with Gasteiger partial charge in [-0.3, -0.25) is 4.79 Å². The Morgan fingerprint density at radius 2 is 2.31 bits per heavy atom. The van der Waals surface area contributed by atoms with Crippen molar-refractivity contribution in [3.63, 3.8) is 0 Å². The van der Waals surface area contributed by atoms with Gasteiger partial charge in [0.15, 0.2) is 11.5 Å². The van der Waals surface area contributed by atoms with E-state index in [-0.39, 0.29) is 18.0 Å². The van der Waals surface area contributed by atoms with Crippen LogP contribution in [0.5, 0.6) is 0 Å². The van der Waals surface area contributed by atoms with Crippen molar-refractivity contribution in [3.8, 4) is 0 Å². The minimum Gasteiger partial charge on any atom is -0.496 e. The first-order valence-corrected chi connectivity index (χ1v) is 4.18. The van der Waals surface area contributed by atoms with Crippen LogP contribution in [0.25, 0.3) is 0 Å². The number of hydrogen-bond acceptors (Lipinski definition) is 4. The molecule has 0 saturated heterocycles. The van der Waals surface area contributed by atoms with Crippen LogP contribution in [0, 0.1) is 0 Å². The summed E-state index contributed by atoms with van der Waals surface area (Å²) in [4.78, 5) is 22.5. The third-order valence-corrected chi connectivity index (χ3v) is 1.82. The average molecular weight is 184 g/mol. The van der Waals surface area contributed by atoms with E-state index >= 15 is 0 Å². The molecule has 13 heavy (non-hydrogen) atoms. The molecule has 72 valence electrons. The minimum atomic E-state index is -0.560. The second kappa shape index (κ2) is 4.07. The number of hydrogen-bond donors (Lipinski definition) is 0.